The van der Waals surface area contributed by atoms with E-state index >= 15 is 0 Å². The number of fused-ring (bicyclic) bond motifs is 1. The molecule has 1 aromatic carbocycles. The fourth-order valence-corrected chi connectivity index (χ4v) is 4.69. The molecule has 0 unspecified atom stereocenters. The quantitative estimate of drug-likeness (QED) is 0.737. The van der Waals surface area contributed by atoms with Crippen molar-refractivity contribution in [3.63, 3.8) is 0 Å². The first kappa shape index (κ1) is 14.0. The van der Waals surface area contributed by atoms with Crippen LogP contribution in [0, 0.1) is 0 Å². The topological polar surface area (TPSA) is 90.9 Å². The molecule has 0 atom stereocenters. The number of thiazole rings is 1. The molecule has 2 aromatic heterocycles. The van der Waals surface area contributed by atoms with Gasteiger partial charge in [-0.15, -0.1) is 11.3 Å². The maximum atomic E-state index is 12.4. The molecule has 0 aliphatic carbocycles. The van der Waals surface area contributed by atoms with Gasteiger partial charge < -0.3 is 5.73 Å². The van der Waals surface area contributed by atoms with E-state index in [9.17, 15) is 8.42 Å². The first-order valence-electron chi connectivity index (χ1n) is 6.31. The molecule has 0 saturated heterocycles. The zero-order valence-corrected chi connectivity index (χ0v) is 13.0. The zero-order valence-electron chi connectivity index (χ0n) is 11.4. The van der Waals surface area contributed by atoms with Gasteiger partial charge in [0.1, 0.15) is 0 Å². The van der Waals surface area contributed by atoms with Gasteiger partial charge in [0, 0.05) is 31.0 Å². The van der Waals surface area contributed by atoms with E-state index in [-0.39, 0.29) is 10.1 Å². The Hall–Kier alpha value is -1.93. The molecule has 3 aromatic rings. The van der Waals surface area contributed by atoms with E-state index in [2.05, 4.69) is 10.1 Å². The van der Waals surface area contributed by atoms with Crippen LogP contribution in [0.25, 0.3) is 10.2 Å². The van der Waals surface area contributed by atoms with E-state index in [1.807, 2.05) is 6.07 Å². The van der Waals surface area contributed by atoms with Crippen LogP contribution in [-0.2, 0) is 23.3 Å². The SMILES string of the molecule is Cn1nccc1CCS(=O)(=O)c1nc2ccc(N)cc2s1. The molecule has 21 heavy (non-hydrogen) atoms. The van der Waals surface area contributed by atoms with Gasteiger partial charge in [-0.3, -0.25) is 4.68 Å². The van der Waals surface area contributed by atoms with Crippen LogP contribution < -0.4 is 5.73 Å². The van der Waals surface area contributed by atoms with Gasteiger partial charge in [-0.25, -0.2) is 13.4 Å². The van der Waals surface area contributed by atoms with Gasteiger partial charge in [-0.2, -0.15) is 5.10 Å². The lowest BCUT2D eigenvalue weighted by atomic mass is 10.3. The summed E-state index contributed by atoms with van der Waals surface area (Å²) in [4.78, 5) is 4.20. The number of hydrogen-bond acceptors (Lipinski definition) is 6. The summed E-state index contributed by atoms with van der Waals surface area (Å²) in [5.41, 5.74) is 7.84. The molecule has 0 aliphatic rings. The van der Waals surface area contributed by atoms with Crippen LogP contribution in [0.5, 0.6) is 0 Å². The molecule has 2 heterocycles. The van der Waals surface area contributed by atoms with Gasteiger partial charge in [-0.05, 0) is 24.3 Å². The van der Waals surface area contributed by atoms with Gasteiger partial charge in [0.2, 0.25) is 14.2 Å². The Morgan fingerprint density at radius 2 is 2.14 bits per heavy atom. The van der Waals surface area contributed by atoms with Crippen LogP contribution in [0.3, 0.4) is 0 Å². The monoisotopic (exact) mass is 322 g/mol. The third kappa shape index (κ3) is 2.77. The van der Waals surface area contributed by atoms with Crippen LogP contribution in [0.2, 0.25) is 0 Å². The Balaban J connectivity index is 1.87. The van der Waals surface area contributed by atoms with Crippen LogP contribution in [0.15, 0.2) is 34.8 Å². The molecular weight excluding hydrogens is 308 g/mol. The van der Waals surface area contributed by atoms with Gasteiger partial charge in [0.25, 0.3) is 0 Å². The molecule has 0 bridgehead atoms. The fraction of sp³-hybridized carbons (Fsp3) is 0.231. The minimum Gasteiger partial charge on any atom is -0.399 e. The predicted molar refractivity (Wildman–Crippen MR) is 83.0 cm³/mol. The summed E-state index contributed by atoms with van der Waals surface area (Å²) in [5, 5.41) is 4.03. The number of rotatable bonds is 4. The third-order valence-electron chi connectivity index (χ3n) is 3.21. The van der Waals surface area contributed by atoms with Crippen LogP contribution in [0.1, 0.15) is 5.69 Å². The number of nitrogen functional groups attached to an aromatic ring is 1. The maximum absolute atomic E-state index is 12.4. The van der Waals surface area contributed by atoms with E-state index in [1.54, 1.807) is 36.1 Å². The molecular formula is C13H14N4O2S2. The van der Waals surface area contributed by atoms with E-state index in [0.717, 1.165) is 21.7 Å². The van der Waals surface area contributed by atoms with Gasteiger partial charge in [0.05, 0.1) is 16.0 Å². The van der Waals surface area contributed by atoms with Crippen molar-refractivity contribution < 1.29 is 8.42 Å². The normalized spacial score (nSPS) is 12.0. The van der Waals surface area contributed by atoms with Crippen molar-refractivity contribution in [3.05, 3.63) is 36.2 Å². The number of nitrogens with zero attached hydrogens (tertiary/aromatic N) is 3. The van der Waals surface area contributed by atoms with E-state index in [1.165, 1.54) is 0 Å². The van der Waals surface area contributed by atoms with Crippen molar-refractivity contribution in [2.75, 3.05) is 11.5 Å². The molecule has 2 N–H and O–H groups in total. The molecule has 0 radical (unpaired) electrons. The lowest BCUT2D eigenvalue weighted by molar-refractivity contribution is 0.593. The molecule has 0 amide bonds. The number of nitrogens with two attached hydrogens (primary N) is 1. The highest BCUT2D eigenvalue weighted by molar-refractivity contribution is 7.93. The molecule has 0 saturated carbocycles. The molecule has 110 valence electrons. The summed E-state index contributed by atoms with van der Waals surface area (Å²) in [6.45, 7) is 0. The average molecular weight is 322 g/mol. The molecule has 0 aliphatic heterocycles. The molecule has 0 spiro atoms. The van der Waals surface area contributed by atoms with Gasteiger partial charge >= 0.3 is 0 Å². The maximum Gasteiger partial charge on any atom is 0.210 e. The lowest BCUT2D eigenvalue weighted by Gasteiger charge is -2.01. The molecule has 0 fully saturated rings. The number of aryl methyl sites for hydroxylation is 2. The summed E-state index contributed by atoms with van der Waals surface area (Å²) in [5.74, 6) is 0.0157. The second-order valence-corrected chi connectivity index (χ2v) is 8.04. The van der Waals surface area contributed by atoms with E-state index < -0.39 is 9.84 Å². The minimum atomic E-state index is -3.40. The van der Waals surface area contributed by atoms with Crippen molar-refractivity contribution in [1.82, 2.24) is 14.8 Å². The zero-order chi connectivity index (χ0) is 15.0. The smallest absolute Gasteiger partial charge is 0.210 e. The van der Waals surface area contributed by atoms with Crippen LogP contribution >= 0.6 is 11.3 Å². The summed E-state index contributed by atoms with van der Waals surface area (Å²) >= 11 is 1.16. The highest BCUT2D eigenvalue weighted by atomic mass is 32.2. The second-order valence-electron chi connectivity index (χ2n) is 4.72. The summed E-state index contributed by atoms with van der Waals surface area (Å²) in [7, 11) is -1.61. The molecule has 3 rings (SSSR count). The standard InChI is InChI=1S/C13H14N4O2S2/c1-17-10(4-6-15-17)5-7-21(18,19)13-16-11-3-2-9(14)8-12(11)20-13/h2-4,6,8H,5,7,14H2,1H3. The highest BCUT2D eigenvalue weighted by Crippen LogP contribution is 2.27. The summed E-state index contributed by atoms with van der Waals surface area (Å²) in [6.07, 6.45) is 2.07. The Morgan fingerprint density at radius 3 is 2.86 bits per heavy atom. The summed E-state index contributed by atoms with van der Waals surface area (Å²) < 4.78 is 27.4. The second kappa shape index (κ2) is 5.12. The molecule has 6 nitrogen and oxygen atoms in total. The van der Waals surface area contributed by atoms with Crippen LogP contribution in [0.4, 0.5) is 5.69 Å². The van der Waals surface area contributed by atoms with Crippen molar-refractivity contribution in [2.24, 2.45) is 7.05 Å². The summed E-state index contributed by atoms with van der Waals surface area (Å²) in [6, 6.07) is 7.01. The largest absolute Gasteiger partial charge is 0.399 e. The van der Waals surface area contributed by atoms with Crippen molar-refractivity contribution in [3.8, 4) is 0 Å². The average Bonchev–Trinajstić information content (AvgIpc) is 3.02. The Bertz CT molecular complexity index is 896. The number of benzene rings is 1. The van der Waals surface area contributed by atoms with Crippen molar-refractivity contribution in [2.45, 2.75) is 10.8 Å². The Kier molecular flexibility index (Phi) is 3.42. The van der Waals surface area contributed by atoms with Crippen molar-refractivity contribution >= 4 is 37.1 Å². The number of sulfone groups is 1. The Labute approximate surface area is 126 Å². The van der Waals surface area contributed by atoms with Gasteiger partial charge in [-0.1, -0.05) is 0 Å². The number of hydrogen-bond donors (Lipinski definition) is 1. The van der Waals surface area contributed by atoms with Crippen LogP contribution in [-0.4, -0.2) is 28.9 Å². The highest BCUT2D eigenvalue weighted by Gasteiger charge is 2.20. The molecule has 8 heteroatoms. The first-order valence-corrected chi connectivity index (χ1v) is 8.78. The van der Waals surface area contributed by atoms with E-state index in [4.69, 9.17) is 5.73 Å². The fourth-order valence-electron chi connectivity index (χ4n) is 2.03. The van der Waals surface area contributed by atoms with E-state index in [0.29, 0.717) is 17.6 Å². The third-order valence-corrected chi connectivity index (χ3v) is 6.40. The van der Waals surface area contributed by atoms with Gasteiger partial charge in [0.15, 0.2) is 0 Å². The Morgan fingerprint density at radius 1 is 1.33 bits per heavy atom. The number of aromatic nitrogens is 3. The lowest BCUT2D eigenvalue weighted by Crippen LogP contribution is -2.11. The minimum absolute atomic E-state index is 0.0157. The number of anilines is 1. The first-order chi connectivity index (χ1) is 9.95. The predicted octanol–water partition coefficient (Wildman–Crippen LogP) is 1.63. The van der Waals surface area contributed by atoms with Crippen molar-refractivity contribution in [1.29, 1.82) is 0 Å².